The van der Waals surface area contributed by atoms with Gasteiger partial charge in [-0.25, -0.2) is 9.59 Å². The Morgan fingerprint density at radius 3 is 2.82 bits per heavy atom. The maximum atomic E-state index is 11.6. The Bertz CT molecular complexity index is 549. The molecule has 0 bridgehead atoms. The van der Waals surface area contributed by atoms with Gasteiger partial charge in [0.15, 0.2) is 0 Å². The Kier molecular flexibility index (Phi) is 4.58. The van der Waals surface area contributed by atoms with Gasteiger partial charge in [-0.15, -0.1) is 0 Å². The number of hydrogen-bond acceptors (Lipinski definition) is 4. The smallest absolute Gasteiger partial charge is 0.407 e. The van der Waals surface area contributed by atoms with Crippen molar-refractivity contribution in [1.29, 1.82) is 0 Å². The van der Waals surface area contributed by atoms with E-state index in [-0.39, 0.29) is 6.04 Å². The van der Waals surface area contributed by atoms with Gasteiger partial charge in [-0.1, -0.05) is 0 Å². The van der Waals surface area contributed by atoms with Crippen molar-refractivity contribution in [2.24, 2.45) is 0 Å². The van der Waals surface area contributed by atoms with Crippen LogP contribution in [0.1, 0.15) is 38.8 Å². The first-order chi connectivity index (χ1) is 10.2. The van der Waals surface area contributed by atoms with Crippen molar-refractivity contribution in [3.8, 4) is 0 Å². The lowest BCUT2D eigenvalue weighted by Crippen LogP contribution is -2.32. The molecular weight excluding hydrogens is 288 g/mol. The molecule has 2 heterocycles. The van der Waals surface area contributed by atoms with Gasteiger partial charge in [-0.2, -0.15) is 5.10 Å². The average molecular weight is 310 g/mol. The molecule has 2 N–H and O–H groups in total. The predicted octanol–water partition coefficient (Wildman–Crippen LogP) is 1.83. The SMILES string of the molecule is CC(C)(C)OC(=O)NCc1cnn(C2CCN(C(=O)O)C2)c1. The zero-order chi connectivity index (χ0) is 16.3. The molecule has 1 atom stereocenters. The van der Waals surface area contributed by atoms with Gasteiger partial charge in [-0.3, -0.25) is 4.68 Å². The first kappa shape index (κ1) is 16.1. The minimum absolute atomic E-state index is 0.0476. The van der Waals surface area contributed by atoms with Gasteiger partial charge in [0.2, 0.25) is 0 Å². The molecule has 0 radical (unpaired) electrons. The zero-order valence-electron chi connectivity index (χ0n) is 13.1. The highest BCUT2D eigenvalue weighted by atomic mass is 16.6. The second-order valence-electron chi connectivity index (χ2n) is 6.36. The molecule has 2 rings (SSSR count). The Morgan fingerprint density at radius 1 is 1.50 bits per heavy atom. The van der Waals surface area contributed by atoms with E-state index in [9.17, 15) is 9.59 Å². The van der Waals surface area contributed by atoms with Gasteiger partial charge in [0, 0.05) is 31.4 Å². The molecule has 1 aromatic heterocycles. The zero-order valence-corrected chi connectivity index (χ0v) is 13.1. The Labute approximate surface area is 129 Å². The normalized spacial score (nSPS) is 18.3. The van der Waals surface area contributed by atoms with Crippen LogP contribution >= 0.6 is 0 Å². The fourth-order valence-corrected chi connectivity index (χ4v) is 2.29. The summed E-state index contributed by atoms with van der Waals surface area (Å²) in [7, 11) is 0. The van der Waals surface area contributed by atoms with E-state index in [0.29, 0.717) is 19.6 Å². The predicted molar refractivity (Wildman–Crippen MR) is 78.6 cm³/mol. The molecule has 0 spiro atoms. The third kappa shape index (κ3) is 4.37. The van der Waals surface area contributed by atoms with Gasteiger partial charge in [-0.05, 0) is 27.2 Å². The van der Waals surface area contributed by atoms with Crippen LogP contribution in [0.3, 0.4) is 0 Å². The van der Waals surface area contributed by atoms with Crippen molar-refractivity contribution < 1.29 is 19.4 Å². The monoisotopic (exact) mass is 310 g/mol. The molecule has 8 nitrogen and oxygen atoms in total. The molecule has 1 saturated heterocycles. The molecule has 1 aliphatic rings. The lowest BCUT2D eigenvalue weighted by molar-refractivity contribution is 0.0523. The number of hydrogen-bond donors (Lipinski definition) is 2. The van der Waals surface area contributed by atoms with Gasteiger partial charge < -0.3 is 20.1 Å². The van der Waals surface area contributed by atoms with Crippen LogP contribution in [0.15, 0.2) is 12.4 Å². The molecule has 122 valence electrons. The molecule has 1 aromatic rings. The summed E-state index contributed by atoms with van der Waals surface area (Å²) in [5.41, 5.74) is 0.318. The van der Waals surface area contributed by atoms with Crippen LogP contribution in [0, 0.1) is 0 Å². The Hall–Kier alpha value is -2.25. The van der Waals surface area contributed by atoms with Crippen LogP contribution in [0.4, 0.5) is 9.59 Å². The molecule has 2 amide bonds. The molecular formula is C14H22N4O4. The lowest BCUT2D eigenvalue weighted by atomic mass is 10.2. The van der Waals surface area contributed by atoms with E-state index in [1.807, 2.05) is 6.20 Å². The first-order valence-corrected chi connectivity index (χ1v) is 7.22. The Balaban J connectivity index is 1.85. The number of ether oxygens (including phenoxy) is 1. The van der Waals surface area contributed by atoms with Crippen molar-refractivity contribution in [1.82, 2.24) is 20.0 Å². The van der Waals surface area contributed by atoms with Crippen LogP contribution < -0.4 is 5.32 Å². The number of nitrogens with one attached hydrogen (secondary N) is 1. The lowest BCUT2D eigenvalue weighted by Gasteiger charge is -2.19. The number of aromatic nitrogens is 2. The summed E-state index contributed by atoms with van der Waals surface area (Å²) >= 11 is 0. The summed E-state index contributed by atoms with van der Waals surface area (Å²) in [5.74, 6) is 0. The number of carboxylic acid groups (broad SMARTS) is 1. The van der Waals surface area contributed by atoms with Crippen molar-refractivity contribution in [3.05, 3.63) is 18.0 Å². The van der Waals surface area contributed by atoms with E-state index in [4.69, 9.17) is 9.84 Å². The highest BCUT2D eigenvalue weighted by Gasteiger charge is 2.27. The quantitative estimate of drug-likeness (QED) is 0.888. The average Bonchev–Trinajstić information content (AvgIpc) is 3.03. The first-order valence-electron chi connectivity index (χ1n) is 7.22. The summed E-state index contributed by atoms with van der Waals surface area (Å²) in [6.07, 6.45) is 2.86. The topological polar surface area (TPSA) is 96.7 Å². The van der Waals surface area contributed by atoms with E-state index in [1.54, 1.807) is 31.6 Å². The minimum atomic E-state index is -0.901. The number of amides is 2. The fraction of sp³-hybridized carbons (Fsp3) is 0.643. The second kappa shape index (κ2) is 6.25. The number of rotatable bonds is 3. The van der Waals surface area contributed by atoms with Crippen LogP contribution in [-0.2, 0) is 11.3 Å². The summed E-state index contributed by atoms with van der Waals surface area (Å²) in [6, 6.07) is 0.0476. The molecule has 8 heteroatoms. The van der Waals surface area contributed by atoms with Gasteiger partial charge in [0.05, 0.1) is 12.2 Å². The standard InChI is InChI=1S/C14H22N4O4/c1-14(2,3)22-12(19)15-6-10-7-16-18(8-10)11-4-5-17(9-11)13(20)21/h7-8,11H,4-6,9H2,1-3H3,(H,15,19)(H,20,21). The third-order valence-corrected chi connectivity index (χ3v) is 3.30. The Morgan fingerprint density at radius 2 is 2.23 bits per heavy atom. The summed E-state index contributed by atoms with van der Waals surface area (Å²) in [4.78, 5) is 23.9. The second-order valence-corrected chi connectivity index (χ2v) is 6.36. The summed E-state index contributed by atoms with van der Waals surface area (Å²) in [6.45, 7) is 6.70. The molecule has 0 saturated carbocycles. The highest BCUT2D eigenvalue weighted by Crippen LogP contribution is 2.21. The maximum Gasteiger partial charge on any atom is 0.407 e. The number of carbonyl (C=O) groups is 2. The largest absolute Gasteiger partial charge is 0.465 e. The van der Waals surface area contributed by atoms with E-state index in [2.05, 4.69) is 10.4 Å². The van der Waals surface area contributed by atoms with Crippen molar-refractivity contribution in [3.63, 3.8) is 0 Å². The fourth-order valence-electron chi connectivity index (χ4n) is 2.29. The van der Waals surface area contributed by atoms with Crippen LogP contribution in [0.2, 0.25) is 0 Å². The van der Waals surface area contributed by atoms with Gasteiger partial charge in [0.1, 0.15) is 5.60 Å². The third-order valence-electron chi connectivity index (χ3n) is 3.30. The van der Waals surface area contributed by atoms with Crippen LogP contribution in [-0.4, -0.2) is 50.7 Å². The van der Waals surface area contributed by atoms with E-state index in [0.717, 1.165) is 12.0 Å². The summed E-state index contributed by atoms with van der Waals surface area (Å²) in [5, 5.41) is 15.9. The van der Waals surface area contributed by atoms with E-state index in [1.165, 1.54) is 4.90 Å². The van der Waals surface area contributed by atoms with Gasteiger partial charge in [0.25, 0.3) is 0 Å². The number of nitrogens with zero attached hydrogens (tertiary/aromatic N) is 3. The minimum Gasteiger partial charge on any atom is -0.465 e. The number of carbonyl (C=O) groups excluding carboxylic acids is 1. The molecule has 22 heavy (non-hydrogen) atoms. The van der Waals surface area contributed by atoms with Crippen LogP contribution in [0.25, 0.3) is 0 Å². The molecule has 1 fully saturated rings. The van der Waals surface area contributed by atoms with E-state index >= 15 is 0 Å². The number of likely N-dealkylation sites (tertiary alicyclic amines) is 1. The van der Waals surface area contributed by atoms with Crippen molar-refractivity contribution >= 4 is 12.2 Å². The molecule has 1 aliphatic heterocycles. The number of alkyl carbamates (subject to hydrolysis) is 1. The van der Waals surface area contributed by atoms with Gasteiger partial charge >= 0.3 is 12.2 Å². The molecule has 0 aliphatic carbocycles. The van der Waals surface area contributed by atoms with Crippen molar-refractivity contribution in [2.45, 2.75) is 45.4 Å². The van der Waals surface area contributed by atoms with E-state index < -0.39 is 17.8 Å². The highest BCUT2D eigenvalue weighted by molar-refractivity contribution is 5.67. The summed E-state index contributed by atoms with van der Waals surface area (Å²) < 4.78 is 6.92. The van der Waals surface area contributed by atoms with Crippen molar-refractivity contribution in [2.75, 3.05) is 13.1 Å². The molecule has 1 unspecified atom stereocenters. The maximum absolute atomic E-state index is 11.6. The molecule has 0 aromatic carbocycles. The van der Waals surface area contributed by atoms with Crippen LogP contribution in [0.5, 0.6) is 0 Å².